The molecule has 0 aromatic heterocycles. The molecule has 0 saturated heterocycles. The molecule has 0 aliphatic carbocycles. The van der Waals surface area contributed by atoms with Crippen molar-refractivity contribution in [3.05, 3.63) is 47.5 Å². The van der Waals surface area contributed by atoms with Crippen LogP contribution < -0.4 is 19.7 Å². The van der Waals surface area contributed by atoms with Crippen molar-refractivity contribution in [2.24, 2.45) is 0 Å². The number of anilines is 2. The molecule has 3 rings (SSSR count). The van der Waals surface area contributed by atoms with Crippen molar-refractivity contribution >= 4 is 23.2 Å². The number of rotatable bonds is 6. The molecule has 1 aliphatic heterocycles. The molecule has 148 valence electrons. The van der Waals surface area contributed by atoms with Crippen LogP contribution in [0.5, 0.6) is 11.5 Å². The first-order valence-corrected chi connectivity index (χ1v) is 9.51. The van der Waals surface area contributed by atoms with E-state index in [0.29, 0.717) is 23.7 Å². The molecule has 0 radical (unpaired) electrons. The number of hydrogen-bond acceptors (Lipinski definition) is 4. The number of amides is 2. The second-order valence-electron chi connectivity index (χ2n) is 7.04. The number of ether oxygens (including phenoxy) is 2. The molecule has 6 nitrogen and oxygen atoms in total. The molecule has 1 unspecified atom stereocenters. The maximum atomic E-state index is 12.3. The second-order valence-corrected chi connectivity index (χ2v) is 7.04. The first kappa shape index (κ1) is 19.7. The molecular formula is C22H26N2O4. The fraction of sp³-hybridized carbons (Fsp3) is 0.364. The molecule has 0 bridgehead atoms. The summed E-state index contributed by atoms with van der Waals surface area (Å²) in [5, 5.41) is 2.82. The second kappa shape index (κ2) is 8.33. The molecule has 1 N–H and O–H groups in total. The van der Waals surface area contributed by atoms with Crippen LogP contribution in [0.25, 0.3) is 0 Å². The van der Waals surface area contributed by atoms with Crippen molar-refractivity contribution in [2.75, 3.05) is 23.4 Å². The fourth-order valence-corrected chi connectivity index (χ4v) is 3.15. The highest BCUT2D eigenvalue weighted by Crippen LogP contribution is 2.36. The largest absolute Gasteiger partial charge is 0.483 e. The van der Waals surface area contributed by atoms with Crippen LogP contribution >= 0.6 is 0 Å². The van der Waals surface area contributed by atoms with Gasteiger partial charge in [0.1, 0.15) is 11.5 Å². The van der Waals surface area contributed by atoms with Gasteiger partial charge in [0.2, 0.25) is 0 Å². The number of fused-ring (bicyclic) bond motifs is 1. The van der Waals surface area contributed by atoms with E-state index in [1.165, 1.54) is 0 Å². The molecule has 0 fully saturated rings. The minimum absolute atomic E-state index is 0.0481. The Morgan fingerprint density at radius 3 is 2.75 bits per heavy atom. The first-order valence-electron chi connectivity index (χ1n) is 9.51. The minimum Gasteiger partial charge on any atom is -0.483 e. The molecular weight excluding hydrogens is 356 g/mol. The van der Waals surface area contributed by atoms with E-state index in [0.717, 1.165) is 23.2 Å². The Hall–Kier alpha value is -3.02. The molecule has 2 aromatic rings. The van der Waals surface area contributed by atoms with Gasteiger partial charge in [0.25, 0.3) is 11.8 Å². The van der Waals surface area contributed by atoms with Gasteiger partial charge in [-0.1, -0.05) is 19.1 Å². The molecule has 1 heterocycles. The topological polar surface area (TPSA) is 67.9 Å². The van der Waals surface area contributed by atoms with E-state index in [1.54, 1.807) is 30.0 Å². The van der Waals surface area contributed by atoms with E-state index >= 15 is 0 Å². The lowest BCUT2D eigenvalue weighted by atomic mass is 10.1. The summed E-state index contributed by atoms with van der Waals surface area (Å²) in [6.07, 6.45) is 0.309. The van der Waals surface area contributed by atoms with Crippen molar-refractivity contribution in [3.63, 3.8) is 0 Å². The van der Waals surface area contributed by atoms with E-state index in [2.05, 4.69) is 5.32 Å². The maximum absolute atomic E-state index is 12.3. The van der Waals surface area contributed by atoms with E-state index in [-0.39, 0.29) is 18.4 Å². The highest BCUT2D eigenvalue weighted by molar-refractivity contribution is 6.00. The van der Waals surface area contributed by atoms with E-state index < -0.39 is 6.10 Å². The molecule has 2 aromatic carbocycles. The third-order valence-electron chi connectivity index (χ3n) is 4.60. The maximum Gasteiger partial charge on any atom is 0.267 e. The van der Waals surface area contributed by atoms with Crippen LogP contribution in [-0.2, 0) is 9.59 Å². The SMILES string of the molecule is CCCN1C(=O)C(C)Oc2cc(NC(=O)COc3cc(C)ccc3C)ccc21. The normalized spacial score (nSPS) is 15.6. The smallest absolute Gasteiger partial charge is 0.267 e. The van der Waals surface area contributed by atoms with E-state index in [1.807, 2.05) is 39.0 Å². The highest BCUT2D eigenvalue weighted by atomic mass is 16.5. The Morgan fingerprint density at radius 1 is 1.21 bits per heavy atom. The Morgan fingerprint density at radius 2 is 2.00 bits per heavy atom. The lowest BCUT2D eigenvalue weighted by Crippen LogP contribution is -2.44. The predicted molar refractivity (Wildman–Crippen MR) is 109 cm³/mol. The third kappa shape index (κ3) is 4.27. The van der Waals surface area contributed by atoms with E-state index in [4.69, 9.17) is 9.47 Å². The van der Waals surface area contributed by atoms with Gasteiger partial charge in [-0.05, 0) is 56.5 Å². The third-order valence-corrected chi connectivity index (χ3v) is 4.60. The fourth-order valence-electron chi connectivity index (χ4n) is 3.15. The monoisotopic (exact) mass is 382 g/mol. The summed E-state index contributed by atoms with van der Waals surface area (Å²) >= 11 is 0. The lowest BCUT2D eigenvalue weighted by Gasteiger charge is -2.33. The van der Waals surface area contributed by atoms with Crippen molar-refractivity contribution < 1.29 is 19.1 Å². The molecule has 1 aliphatic rings. The number of carbonyl (C=O) groups is 2. The number of nitrogens with one attached hydrogen (secondary N) is 1. The summed E-state index contributed by atoms with van der Waals surface area (Å²) in [5.41, 5.74) is 3.39. The van der Waals surface area contributed by atoms with Gasteiger partial charge >= 0.3 is 0 Å². The van der Waals surface area contributed by atoms with Gasteiger partial charge in [-0.15, -0.1) is 0 Å². The van der Waals surface area contributed by atoms with Gasteiger partial charge in [0, 0.05) is 18.3 Å². The van der Waals surface area contributed by atoms with E-state index in [9.17, 15) is 9.59 Å². The number of aryl methyl sites for hydroxylation is 2. The number of nitrogens with zero attached hydrogens (tertiary/aromatic N) is 1. The van der Waals surface area contributed by atoms with Gasteiger partial charge < -0.3 is 19.7 Å². The Kier molecular flexibility index (Phi) is 5.87. The first-order chi connectivity index (χ1) is 13.4. The average Bonchev–Trinajstić information content (AvgIpc) is 2.66. The molecule has 1 atom stereocenters. The molecule has 0 spiro atoms. The highest BCUT2D eigenvalue weighted by Gasteiger charge is 2.31. The zero-order chi connectivity index (χ0) is 20.3. The Labute approximate surface area is 165 Å². The Bertz CT molecular complexity index is 894. The summed E-state index contributed by atoms with van der Waals surface area (Å²) in [4.78, 5) is 26.4. The number of benzene rings is 2. The average molecular weight is 382 g/mol. The van der Waals surface area contributed by atoms with Crippen LogP contribution in [0.2, 0.25) is 0 Å². The molecule has 0 saturated carbocycles. The van der Waals surface area contributed by atoms with Crippen molar-refractivity contribution in [3.8, 4) is 11.5 Å². The lowest BCUT2D eigenvalue weighted by molar-refractivity contribution is -0.125. The summed E-state index contributed by atoms with van der Waals surface area (Å²) in [7, 11) is 0. The summed E-state index contributed by atoms with van der Waals surface area (Å²) in [6, 6.07) is 11.2. The van der Waals surface area contributed by atoms with Crippen molar-refractivity contribution in [1.29, 1.82) is 0 Å². The van der Waals surface area contributed by atoms with Gasteiger partial charge in [-0.3, -0.25) is 9.59 Å². The van der Waals surface area contributed by atoms with Crippen LogP contribution in [0.15, 0.2) is 36.4 Å². The Balaban J connectivity index is 1.68. The predicted octanol–water partition coefficient (Wildman–Crippen LogP) is 3.84. The molecule has 6 heteroatoms. The number of carbonyl (C=O) groups excluding carboxylic acids is 2. The molecule has 28 heavy (non-hydrogen) atoms. The van der Waals surface area contributed by atoms with Crippen LogP contribution in [0.4, 0.5) is 11.4 Å². The van der Waals surface area contributed by atoms with Crippen LogP contribution in [0.1, 0.15) is 31.4 Å². The van der Waals surface area contributed by atoms with Gasteiger partial charge in [0.15, 0.2) is 12.7 Å². The summed E-state index contributed by atoms with van der Waals surface area (Å²) in [5.74, 6) is 0.986. The zero-order valence-electron chi connectivity index (χ0n) is 16.7. The molecule has 2 amide bonds. The summed E-state index contributed by atoms with van der Waals surface area (Å²) in [6.45, 7) is 8.23. The van der Waals surface area contributed by atoms with Crippen molar-refractivity contribution in [1.82, 2.24) is 0 Å². The van der Waals surface area contributed by atoms with Gasteiger partial charge in [-0.2, -0.15) is 0 Å². The standard InChI is InChI=1S/C22H26N2O4/c1-5-10-24-18-9-8-17(12-20(18)28-16(4)22(24)26)23-21(25)13-27-19-11-14(2)6-7-15(19)3/h6-9,11-12,16H,5,10,13H2,1-4H3,(H,23,25). The minimum atomic E-state index is -0.544. The van der Waals surface area contributed by atoms with Gasteiger partial charge in [-0.25, -0.2) is 0 Å². The van der Waals surface area contributed by atoms with Crippen molar-refractivity contribution in [2.45, 2.75) is 40.2 Å². The van der Waals surface area contributed by atoms with Crippen LogP contribution in [0.3, 0.4) is 0 Å². The summed E-state index contributed by atoms with van der Waals surface area (Å²) < 4.78 is 11.4. The van der Waals surface area contributed by atoms with Gasteiger partial charge in [0.05, 0.1) is 5.69 Å². The quantitative estimate of drug-likeness (QED) is 0.824. The number of hydrogen-bond donors (Lipinski definition) is 1. The van der Waals surface area contributed by atoms with Crippen LogP contribution in [0, 0.1) is 13.8 Å². The van der Waals surface area contributed by atoms with Crippen LogP contribution in [-0.4, -0.2) is 31.1 Å². The zero-order valence-corrected chi connectivity index (χ0v) is 16.7.